The number of hydrogen-bond donors (Lipinski definition) is 0. The fraction of sp³-hybridized carbons (Fsp3) is 0.667. The lowest BCUT2D eigenvalue weighted by Crippen LogP contribution is -2.10. The Balaban J connectivity index is 0.000000771. The molecule has 102 valence electrons. The Morgan fingerprint density at radius 2 is 2.17 bits per heavy atom. The van der Waals surface area contributed by atoms with Crippen molar-refractivity contribution in [3.8, 4) is 0 Å². The van der Waals surface area contributed by atoms with E-state index in [2.05, 4.69) is 5.10 Å². The quantitative estimate of drug-likeness (QED) is 0.786. The molecule has 1 saturated carbocycles. The second-order valence-electron chi connectivity index (χ2n) is 3.80. The van der Waals surface area contributed by atoms with Crippen molar-refractivity contribution in [2.24, 2.45) is 0 Å². The predicted octanol–water partition coefficient (Wildman–Crippen LogP) is 3.65. The molecule has 1 aliphatic rings. The molecule has 0 atom stereocenters. The summed E-state index contributed by atoms with van der Waals surface area (Å²) in [5, 5.41) is 4.10. The molecule has 1 fully saturated rings. The maximum atomic E-state index is 12.7. The minimum atomic E-state index is -0.510. The zero-order valence-corrected chi connectivity index (χ0v) is 12.0. The Hall–Kier alpha value is -1.04. The lowest BCUT2D eigenvalue weighted by atomic mass is 10.1. The van der Waals surface area contributed by atoms with Crippen LogP contribution in [0.5, 0.6) is 0 Å². The first-order valence-electron chi connectivity index (χ1n) is 6.24. The highest BCUT2D eigenvalue weighted by molar-refractivity contribution is 7.92. The van der Waals surface area contributed by atoms with Crippen molar-refractivity contribution in [3.05, 3.63) is 17.0 Å². The van der Waals surface area contributed by atoms with E-state index in [-0.39, 0.29) is 24.6 Å². The molecule has 1 heterocycles. The van der Waals surface area contributed by atoms with Crippen LogP contribution in [0.1, 0.15) is 61.3 Å². The molecular formula is C12H19FN2O2S. The van der Waals surface area contributed by atoms with Gasteiger partial charge in [-0.25, -0.2) is 4.79 Å². The summed E-state index contributed by atoms with van der Waals surface area (Å²) in [7, 11) is 0. The fourth-order valence-corrected chi connectivity index (χ4v) is 2.11. The molecule has 0 amide bonds. The Labute approximate surface area is 111 Å². The van der Waals surface area contributed by atoms with Crippen molar-refractivity contribution in [1.29, 1.82) is 0 Å². The van der Waals surface area contributed by atoms with Gasteiger partial charge in [0.2, 0.25) is 0 Å². The highest BCUT2D eigenvalue weighted by Crippen LogP contribution is 2.42. The molecule has 0 radical (unpaired) electrons. The zero-order chi connectivity index (χ0) is 13.7. The van der Waals surface area contributed by atoms with Gasteiger partial charge in [0, 0.05) is 11.5 Å². The van der Waals surface area contributed by atoms with Crippen LogP contribution in [0.2, 0.25) is 0 Å². The Bertz CT molecular complexity index is 416. The van der Waals surface area contributed by atoms with Crippen molar-refractivity contribution >= 4 is 18.3 Å². The standard InChI is InChI=1S/C10H13FN2O2S.C2H6/c1-3-15-10(14)9-6(2)8(7-4-5-7)12-13(9)16-11;1-2/h7H,3-5H2,1-2H3;1-2H3. The number of ether oxygens (including phenoxy) is 1. The van der Waals surface area contributed by atoms with E-state index >= 15 is 0 Å². The molecule has 1 aromatic heterocycles. The SMILES string of the molecule is CC.CCOC(=O)c1c(C)c(C2CC2)nn1SF. The van der Waals surface area contributed by atoms with E-state index in [1.807, 2.05) is 13.8 Å². The molecule has 2 rings (SSSR count). The van der Waals surface area contributed by atoms with Crippen molar-refractivity contribution in [3.63, 3.8) is 0 Å². The van der Waals surface area contributed by atoms with E-state index in [0.717, 1.165) is 28.2 Å². The molecule has 18 heavy (non-hydrogen) atoms. The van der Waals surface area contributed by atoms with Gasteiger partial charge in [-0.1, -0.05) is 13.8 Å². The number of esters is 1. The first-order valence-corrected chi connectivity index (χ1v) is 6.92. The number of hydrogen-bond acceptors (Lipinski definition) is 4. The van der Waals surface area contributed by atoms with Crippen LogP contribution in [0.3, 0.4) is 0 Å². The molecule has 0 spiro atoms. The largest absolute Gasteiger partial charge is 0.461 e. The lowest BCUT2D eigenvalue weighted by Gasteiger charge is -2.02. The van der Waals surface area contributed by atoms with E-state index in [4.69, 9.17) is 4.74 Å². The number of nitrogens with zero attached hydrogens (tertiary/aromatic N) is 2. The summed E-state index contributed by atoms with van der Waals surface area (Å²) in [6, 6.07) is 0. The molecule has 1 aromatic rings. The second-order valence-corrected chi connectivity index (χ2v) is 4.28. The molecule has 1 aliphatic carbocycles. The van der Waals surface area contributed by atoms with Crippen LogP contribution in [0, 0.1) is 6.92 Å². The van der Waals surface area contributed by atoms with Crippen molar-refractivity contribution in [2.75, 3.05) is 6.61 Å². The highest BCUT2D eigenvalue weighted by atomic mass is 32.2. The van der Waals surface area contributed by atoms with Crippen molar-refractivity contribution in [2.45, 2.75) is 46.5 Å². The van der Waals surface area contributed by atoms with Crippen molar-refractivity contribution in [1.82, 2.24) is 9.19 Å². The first-order chi connectivity index (χ1) is 8.69. The topological polar surface area (TPSA) is 44.1 Å². The monoisotopic (exact) mass is 274 g/mol. The molecule has 4 nitrogen and oxygen atoms in total. The average molecular weight is 274 g/mol. The summed E-state index contributed by atoms with van der Waals surface area (Å²) in [5.74, 6) is -0.119. The number of carbonyl (C=O) groups excluding carboxylic acids is 1. The van der Waals surface area contributed by atoms with Gasteiger partial charge in [0.25, 0.3) is 0 Å². The van der Waals surface area contributed by atoms with Gasteiger partial charge in [0.1, 0.15) is 0 Å². The molecule has 0 aliphatic heterocycles. The van der Waals surface area contributed by atoms with Gasteiger partial charge in [-0.15, -0.1) is 3.89 Å². The van der Waals surface area contributed by atoms with Gasteiger partial charge in [-0.3, -0.25) is 0 Å². The van der Waals surface area contributed by atoms with Gasteiger partial charge in [-0.05, 0) is 26.7 Å². The minimum Gasteiger partial charge on any atom is -0.461 e. The maximum Gasteiger partial charge on any atom is 0.358 e. The van der Waals surface area contributed by atoms with Crippen LogP contribution < -0.4 is 0 Å². The Morgan fingerprint density at radius 1 is 1.56 bits per heavy atom. The maximum absolute atomic E-state index is 12.7. The van der Waals surface area contributed by atoms with Crippen LogP contribution in [-0.4, -0.2) is 21.8 Å². The third kappa shape index (κ3) is 3.04. The predicted molar refractivity (Wildman–Crippen MR) is 70.3 cm³/mol. The smallest absolute Gasteiger partial charge is 0.358 e. The van der Waals surface area contributed by atoms with E-state index in [9.17, 15) is 8.68 Å². The van der Waals surface area contributed by atoms with Crippen LogP contribution in [0.4, 0.5) is 3.89 Å². The van der Waals surface area contributed by atoms with E-state index < -0.39 is 5.97 Å². The zero-order valence-electron chi connectivity index (χ0n) is 11.2. The second kappa shape index (κ2) is 6.78. The molecule has 0 N–H and O–H groups in total. The van der Waals surface area contributed by atoms with Gasteiger partial charge in [0.15, 0.2) is 18.0 Å². The van der Waals surface area contributed by atoms with E-state index in [0.29, 0.717) is 5.92 Å². The lowest BCUT2D eigenvalue weighted by molar-refractivity contribution is 0.0517. The number of aromatic nitrogens is 2. The Morgan fingerprint density at radius 3 is 2.61 bits per heavy atom. The summed E-state index contributed by atoms with van der Waals surface area (Å²) in [5.41, 5.74) is 1.79. The Kier molecular flexibility index (Phi) is 5.65. The average Bonchev–Trinajstić information content (AvgIpc) is 3.16. The minimum absolute atomic E-state index is 0.0655. The van der Waals surface area contributed by atoms with Gasteiger partial charge in [0.05, 0.1) is 12.3 Å². The fourth-order valence-electron chi connectivity index (χ4n) is 1.71. The molecule has 0 saturated heterocycles. The highest BCUT2D eigenvalue weighted by Gasteiger charge is 2.32. The number of halogens is 1. The molecule has 0 unspecified atom stereocenters. The van der Waals surface area contributed by atoms with Gasteiger partial charge >= 0.3 is 5.97 Å². The van der Waals surface area contributed by atoms with Crippen LogP contribution >= 0.6 is 12.3 Å². The molecule has 6 heteroatoms. The van der Waals surface area contributed by atoms with E-state index in [1.165, 1.54) is 0 Å². The number of rotatable bonds is 4. The summed E-state index contributed by atoms with van der Waals surface area (Å²) in [4.78, 5) is 11.6. The molecular weight excluding hydrogens is 255 g/mol. The summed E-state index contributed by atoms with van der Waals surface area (Å²) in [6.45, 7) is 7.79. The third-order valence-corrected chi connectivity index (χ3v) is 3.02. The molecule has 0 aromatic carbocycles. The summed E-state index contributed by atoms with van der Waals surface area (Å²) >= 11 is -0.0655. The summed E-state index contributed by atoms with van der Waals surface area (Å²) < 4.78 is 18.6. The van der Waals surface area contributed by atoms with Crippen LogP contribution in [0.15, 0.2) is 0 Å². The van der Waals surface area contributed by atoms with Crippen LogP contribution in [0.25, 0.3) is 0 Å². The van der Waals surface area contributed by atoms with Crippen LogP contribution in [-0.2, 0) is 4.74 Å². The van der Waals surface area contributed by atoms with Crippen molar-refractivity contribution < 1.29 is 13.4 Å². The first kappa shape index (κ1) is 15.0. The summed E-state index contributed by atoms with van der Waals surface area (Å²) in [6.07, 6.45) is 2.13. The van der Waals surface area contributed by atoms with E-state index in [1.54, 1.807) is 13.8 Å². The number of carbonyl (C=O) groups is 1. The van der Waals surface area contributed by atoms with Gasteiger partial charge in [-0.2, -0.15) is 9.19 Å². The third-order valence-electron chi connectivity index (χ3n) is 2.63. The molecule has 0 bridgehead atoms. The van der Waals surface area contributed by atoms with Gasteiger partial charge < -0.3 is 4.74 Å². The normalized spacial score (nSPS) is 13.8.